The summed E-state index contributed by atoms with van der Waals surface area (Å²) in [5.74, 6) is 2.17. The van der Waals surface area contributed by atoms with Crippen molar-refractivity contribution in [2.24, 2.45) is 5.73 Å². The van der Waals surface area contributed by atoms with E-state index in [1.165, 1.54) is 0 Å². The van der Waals surface area contributed by atoms with Crippen molar-refractivity contribution in [1.29, 1.82) is 0 Å². The number of carbonyl (C=O) groups is 2. The van der Waals surface area contributed by atoms with E-state index in [0.717, 1.165) is 17.3 Å². The highest BCUT2D eigenvalue weighted by Gasteiger charge is 2.24. The van der Waals surface area contributed by atoms with Crippen molar-refractivity contribution >= 4 is 35.4 Å². The van der Waals surface area contributed by atoms with Crippen LogP contribution in [0.3, 0.4) is 0 Å². The van der Waals surface area contributed by atoms with Gasteiger partial charge in [0.05, 0.1) is 6.61 Å². The molecular weight excluding hydrogens is 260 g/mol. The molecule has 1 saturated heterocycles. The maximum absolute atomic E-state index is 11.5. The molecule has 1 aliphatic rings. The van der Waals surface area contributed by atoms with E-state index in [-0.39, 0.29) is 6.61 Å². The third-order valence-electron chi connectivity index (χ3n) is 2.21. The summed E-state index contributed by atoms with van der Waals surface area (Å²) in [5, 5.41) is 3.10. The quantitative estimate of drug-likeness (QED) is 0.537. The first-order valence-corrected chi connectivity index (χ1v) is 7.74. The van der Waals surface area contributed by atoms with Crippen molar-refractivity contribution in [1.82, 2.24) is 5.32 Å². The maximum Gasteiger partial charge on any atom is 0.332 e. The molecule has 0 saturated carbocycles. The molecule has 0 radical (unpaired) electrons. The zero-order valence-corrected chi connectivity index (χ0v) is 11.4. The van der Waals surface area contributed by atoms with E-state index in [9.17, 15) is 9.59 Å². The normalized spacial score (nSPS) is 21.6. The van der Waals surface area contributed by atoms with Gasteiger partial charge < -0.3 is 15.8 Å². The van der Waals surface area contributed by atoms with Gasteiger partial charge in [-0.2, -0.15) is 23.5 Å². The SMILES string of the molecule is CCOC(=O)C(N)C(=O)NCC1CSCCS1. The molecule has 0 spiro atoms. The zero-order chi connectivity index (χ0) is 12.7. The number of carbonyl (C=O) groups excluding carboxylic acids is 2. The number of amides is 1. The van der Waals surface area contributed by atoms with Gasteiger partial charge in [-0.15, -0.1) is 0 Å². The highest BCUT2D eigenvalue weighted by molar-refractivity contribution is 8.06. The molecule has 17 heavy (non-hydrogen) atoms. The molecule has 3 N–H and O–H groups in total. The minimum absolute atomic E-state index is 0.231. The molecular formula is C10H18N2O3S2. The van der Waals surface area contributed by atoms with Gasteiger partial charge in [-0.1, -0.05) is 0 Å². The van der Waals surface area contributed by atoms with Gasteiger partial charge in [0.2, 0.25) is 5.91 Å². The van der Waals surface area contributed by atoms with E-state index in [0.29, 0.717) is 11.8 Å². The first kappa shape index (κ1) is 14.7. The first-order valence-electron chi connectivity index (χ1n) is 5.54. The van der Waals surface area contributed by atoms with Crippen LogP contribution in [0.15, 0.2) is 0 Å². The number of rotatable bonds is 5. The molecule has 1 heterocycles. The lowest BCUT2D eigenvalue weighted by Gasteiger charge is -2.21. The van der Waals surface area contributed by atoms with Crippen LogP contribution in [-0.2, 0) is 14.3 Å². The van der Waals surface area contributed by atoms with E-state index in [4.69, 9.17) is 5.73 Å². The summed E-state index contributed by atoms with van der Waals surface area (Å²) in [4.78, 5) is 22.8. The molecule has 1 amide bonds. The van der Waals surface area contributed by atoms with Crippen LogP contribution in [0.4, 0.5) is 0 Å². The average Bonchev–Trinajstić information content (AvgIpc) is 2.36. The lowest BCUT2D eigenvalue weighted by Crippen LogP contribution is -2.48. The second-order valence-corrected chi connectivity index (χ2v) is 6.10. The molecule has 5 nitrogen and oxygen atoms in total. The molecule has 1 rings (SSSR count). The van der Waals surface area contributed by atoms with Crippen molar-refractivity contribution in [2.45, 2.75) is 18.2 Å². The Kier molecular flexibility index (Phi) is 6.76. The van der Waals surface area contributed by atoms with Crippen molar-refractivity contribution in [2.75, 3.05) is 30.4 Å². The van der Waals surface area contributed by atoms with Crippen LogP contribution in [0.25, 0.3) is 0 Å². The molecule has 2 unspecified atom stereocenters. The molecule has 1 aliphatic heterocycles. The molecule has 0 bridgehead atoms. The summed E-state index contributed by atoms with van der Waals surface area (Å²) in [5.41, 5.74) is 5.46. The third kappa shape index (κ3) is 5.18. The minimum atomic E-state index is -1.21. The molecule has 2 atom stereocenters. The number of hydrogen-bond acceptors (Lipinski definition) is 6. The number of nitrogens with one attached hydrogen (secondary N) is 1. The summed E-state index contributed by atoms with van der Waals surface area (Å²) in [6, 6.07) is -1.21. The highest BCUT2D eigenvalue weighted by Crippen LogP contribution is 2.23. The Morgan fingerprint density at radius 3 is 2.88 bits per heavy atom. The summed E-state index contributed by atoms with van der Waals surface area (Å²) >= 11 is 3.73. The topological polar surface area (TPSA) is 81.4 Å². The Balaban J connectivity index is 2.25. The fourth-order valence-corrected chi connectivity index (χ4v) is 3.93. The maximum atomic E-state index is 11.5. The number of nitrogens with two attached hydrogens (primary N) is 1. The van der Waals surface area contributed by atoms with E-state index in [1.807, 2.05) is 23.5 Å². The molecule has 7 heteroatoms. The summed E-state index contributed by atoms with van der Waals surface area (Å²) in [6.45, 7) is 2.47. The van der Waals surface area contributed by atoms with Gasteiger partial charge in [-0.25, -0.2) is 4.79 Å². The van der Waals surface area contributed by atoms with Crippen LogP contribution in [-0.4, -0.2) is 53.6 Å². The summed E-state index contributed by atoms with van der Waals surface area (Å²) in [7, 11) is 0. The monoisotopic (exact) mass is 278 g/mol. The van der Waals surface area contributed by atoms with Crippen LogP contribution in [0.5, 0.6) is 0 Å². The second-order valence-electron chi connectivity index (χ2n) is 3.54. The fraction of sp³-hybridized carbons (Fsp3) is 0.800. The molecule has 0 aromatic carbocycles. The Morgan fingerprint density at radius 2 is 2.29 bits per heavy atom. The molecule has 1 fully saturated rings. The number of ether oxygens (including phenoxy) is 1. The highest BCUT2D eigenvalue weighted by atomic mass is 32.2. The van der Waals surface area contributed by atoms with E-state index in [2.05, 4.69) is 10.1 Å². The van der Waals surface area contributed by atoms with Crippen molar-refractivity contribution < 1.29 is 14.3 Å². The van der Waals surface area contributed by atoms with E-state index < -0.39 is 17.9 Å². The third-order valence-corrected chi connectivity index (χ3v) is 5.06. The van der Waals surface area contributed by atoms with Gasteiger partial charge in [0.15, 0.2) is 6.04 Å². The largest absolute Gasteiger partial charge is 0.464 e. The lowest BCUT2D eigenvalue weighted by molar-refractivity contribution is -0.147. The van der Waals surface area contributed by atoms with Crippen LogP contribution < -0.4 is 11.1 Å². The Labute approximate surface area is 110 Å². The number of esters is 1. The van der Waals surface area contributed by atoms with Gasteiger partial charge >= 0.3 is 5.97 Å². The fourth-order valence-electron chi connectivity index (χ4n) is 1.32. The smallest absolute Gasteiger partial charge is 0.332 e. The second kappa shape index (κ2) is 7.84. The number of hydrogen-bond donors (Lipinski definition) is 2. The van der Waals surface area contributed by atoms with Crippen LogP contribution >= 0.6 is 23.5 Å². The van der Waals surface area contributed by atoms with Gasteiger partial charge in [-0.3, -0.25) is 4.79 Å². The van der Waals surface area contributed by atoms with Crippen molar-refractivity contribution in [3.63, 3.8) is 0 Å². The van der Waals surface area contributed by atoms with Crippen LogP contribution in [0.1, 0.15) is 6.92 Å². The lowest BCUT2D eigenvalue weighted by atomic mass is 10.3. The van der Waals surface area contributed by atoms with E-state index in [1.54, 1.807) is 6.92 Å². The predicted octanol–water partition coefficient (Wildman–Crippen LogP) is -0.158. The molecule has 98 valence electrons. The van der Waals surface area contributed by atoms with Gasteiger partial charge in [-0.05, 0) is 6.92 Å². The average molecular weight is 278 g/mol. The first-order chi connectivity index (χ1) is 8.15. The Bertz CT molecular complexity index is 270. The van der Waals surface area contributed by atoms with Crippen LogP contribution in [0, 0.1) is 0 Å². The van der Waals surface area contributed by atoms with Gasteiger partial charge in [0.1, 0.15) is 0 Å². The Hall–Kier alpha value is -0.400. The summed E-state index contributed by atoms with van der Waals surface area (Å²) < 4.78 is 4.68. The van der Waals surface area contributed by atoms with Crippen molar-refractivity contribution in [3.8, 4) is 0 Å². The predicted molar refractivity (Wildman–Crippen MR) is 71.2 cm³/mol. The van der Waals surface area contributed by atoms with Gasteiger partial charge in [0, 0.05) is 29.1 Å². The number of thioether (sulfide) groups is 2. The van der Waals surface area contributed by atoms with Gasteiger partial charge in [0.25, 0.3) is 0 Å². The molecule has 0 aromatic rings. The minimum Gasteiger partial charge on any atom is -0.464 e. The molecule has 0 aliphatic carbocycles. The molecule has 0 aromatic heterocycles. The van der Waals surface area contributed by atoms with Crippen LogP contribution in [0.2, 0.25) is 0 Å². The van der Waals surface area contributed by atoms with Crippen molar-refractivity contribution in [3.05, 3.63) is 0 Å². The Morgan fingerprint density at radius 1 is 1.53 bits per heavy atom. The van der Waals surface area contributed by atoms with E-state index >= 15 is 0 Å². The standard InChI is InChI=1S/C10H18N2O3S2/c1-2-15-10(14)8(11)9(13)12-5-7-6-16-3-4-17-7/h7-8H,2-6,11H2,1H3,(H,12,13). The summed E-state index contributed by atoms with van der Waals surface area (Å²) in [6.07, 6.45) is 0. The zero-order valence-electron chi connectivity index (χ0n) is 9.81.